The van der Waals surface area contributed by atoms with E-state index in [1.807, 2.05) is 0 Å². The van der Waals surface area contributed by atoms with Crippen molar-refractivity contribution < 1.29 is 19.4 Å². The Labute approximate surface area is 115 Å². The fourth-order valence-corrected chi connectivity index (χ4v) is 1.57. The molecule has 0 aliphatic heterocycles. The van der Waals surface area contributed by atoms with Gasteiger partial charge in [-0.25, -0.2) is 9.78 Å². The van der Waals surface area contributed by atoms with Crippen LogP contribution in [0.2, 0.25) is 0 Å². The molecule has 2 N–H and O–H groups in total. The second kappa shape index (κ2) is 5.83. The number of carboxylic acid groups (broad SMARTS) is 1. The maximum absolute atomic E-state index is 11.1. The van der Waals surface area contributed by atoms with Gasteiger partial charge in [0, 0.05) is 19.2 Å². The average Bonchev–Trinajstić information content (AvgIpc) is 2.41. The summed E-state index contributed by atoms with van der Waals surface area (Å²) in [4.78, 5) is 25.7. The molecule has 2 aromatic rings. The summed E-state index contributed by atoms with van der Waals surface area (Å²) < 4.78 is 5.58. The van der Waals surface area contributed by atoms with Gasteiger partial charge in [0.2, 0.25) is 5.91 Å². The van der Waals surface area contributed by atoms with E-state index in [4.69, 9.17) is 9.84 Å². The predicted octanol–water partition coefficient (Wildman–Crippen LogP) is 2.53. The number of carboxylic acids is 1. The Bertz CT molecular complexity index is 655. The largest absolute Gasteiger partial charge is 0.477 e. The minimum atomic E-state index is -1.13. The monoisotopic (exact) mass is 272 g/mol. The molecular formula is C14H12N2O4. The Morgan fingerprint density at radius 3 is 2.70 bits per heavy atom. The molecule has 102 valence electrons. The van der Waals surface area contributed by atoms with Gasteiger partial charge in [0.15, 0.2) is 11.4 Å². The molecule has 1 aromatic heterocycles. The van der Waals surface area contributed by atoms with Gasteiger partial charge in [0.05, 0.1) is 5.69 Å². The van der Waals surface area contributed by atoms with E-state index in [1.54, 1.807) is 24.3 Å². The number of nitrogens with zero attached hydrogens (tertiary/aromatic N) is 1. The van der Waals surface area contributed by atoms with Crippen LogP contribution in [0, 0.1) is 0 Å². The number of hydrogen-bond donors (Lipinski definition) is 2. The lowest BCUT2D eigenvalue weighted by atomic mass is 10.3. The molecule has 1 aromatic carbocycles. The number of nitrogens with one attached hydrogen (secondary N) is 1. The first kappa shape index (κ1) is 13.5. The van der Waals surface area contributed by atoms with Crippen molar-refractivity contribution in [3.05, 3.63) is 48.3 Å². The topological polar surface area (TPSA) is 88.5 Å². The summed E-state index contributed by atoms with van der Waals surface area (Å²) in [5, 5.41) is 11.5. The molecule has 1 amide bonds. The van der Waals surface area contributed by atoms with Gasteiger partial charge in [0.25, 0.3) is 0 Å². The zero-order chi connectivity index (χ0) is 14.5. The molecule has 0 bridgehead atoms. The van der Waals surface area contributed by atoms with Crippen molar-refractivity contribution in [3.8, 4) is 11.5 Å². The molecule has 6 heteroatoms. The van der Waals surface area contributed by atoms with Crippen molar-refractivity contribution in [1.82, 2.24) is 4.98 Å². The number of anilines is 1. The number of rotatable bonds is 4. The minimum absolute atomic E-state index is 0.112. The second-order valence-electron chi connectivity index (χ2n) is 3.96. The van der Waals surface area contributed by atoms with E-state index in [2.05, 4.69) is 10.3 Å². The van der Waals surface area contributed by atoms with Crippen LogP contribution in [0.5, 0.6) is 11.5 Å². The van der Waals surface area contributed by atoms with Gasteiger partial charge in [-0.05, 0) is 18.2 Å². The smallest absolute Gasteiger partial charge is 0.354 e. The maximum atomic E-state index is 11.1. The lowest BCUT2D eigenvalue weighted by Crippen LogP contribution is -2.07. The van der Waals surface area contributed by atoms with E-state index in [-0.39, 0.29) is 11.6 Å². The highest BCUT2D eigenvalue weighted by Gasteiger charge is 2.09. The Morgan fingerprint density at radius 2 is 2.00 bits per heavy atom. The summed E-state index contributed by atoms with van der Waals surface area (Å²) in [5.41, 5.74) is 0.396. The van der Waals surface area contributed by atoms with Crippen LogP contribution in [0.1, 0.15) is 17.4 Å². The minimum Gasteiger partial charge on any atom is -0.477 e. The molecule has 0 saturated heterocycles. The highest BCUT2D eigenvalue weighted by atomic mass is 16.5. The Kier molecular flexibility index (Phi) is 3.95. The standard InChI is InChI=1S/C14H12N2O4/c1-9(17)16-11-4-2-3-5-13(11)20-10-6-7-15-12(8-10)14(18)19/h2-8H,1H3,(H,16,17)(H,18,19). The van der Waals surface area contributed by atoms with Crippen LogP contribution in [-0.4, -0.2) is 22.0 Å². The molecule has 2 rings (SSSR count). The van der Waals surface area contributed by atoms with Crippen molar-refractivity contribution in [2.75, 3.05) is 5.32 Å². The lowest BCUT2D eigenvalue weighted by molar-refractivity contribution is -0.114. The number of amides is 1. The highest BCUT2D eigenvalue weighted by molar-refractivity contribution is 5.90. The molecule has 1 heterocycles. The van der Waals surface area contributed by atoms with Crippen LogP contribution < -0.4 is 10.1 Å². The van der Waals surface area contributed by atoms with E-state index >= 15 is 0 Å². The van der Waals surface area contributed by atoms with Crippen LogP contribution >= 0.6 is 0 Å². The molecular weight excluding hydrogens is 260 g/mol. The SMILES string of the molecule is CC(=O)Nc1ccccc1Oc1ccnc(C(=O)O)c1. The first-order chi connectivity index (χ1) is 9.56. The fraction of sp³-hybridized carbons (Fsp3) is 0.0714. The predicted molar refractivity (Wildman–Crippen MR) is 72.0 cm³/mol. The zero-order valence-electron chi connectivity index (χ0n) is 10.7. The molecule has 0 atom stereocenters. The van der Waals surface area contributed by atoms with Gasteiger partial charge >= 0.3 is 5.97 Å². The Hall–Kier alpha value is -2.89. The third-order valence-electron chi connectivity index (χ3n) is 2.38. The molecule has 20 heavy (non-hydrogen) atoms. The number of hydrogen-bond acceptors (Lipinski definition) is 4. The van der Waals surface area contributed by atoms with E-state index in [1.165, 1.54) is 25.3 Å². The number of carbonyl (C=O) groups is 2. The quantitative estimate of drug-likeness (QED) is 0.892. The molecule has 0 unspecified atom stereocenters. The molecule has 0 radical (unpaired) electrons. The number of para-hydroxylation sites is 2. The number of carbonyl (C=O) groups excluding carboxylic acids is 1. The molecule has 0 aliphatic carbocycles. The summed E-state index contributed by atoms with van der Waals surface area (Å²) in [5.74, 6) is -0.604. The van der Waals surface area contributed by atoms with Gasteiger partial charge in [-0.1, -0.05) is 12.1 Å². The highest BCUT2D eigenvalue weighted by Crippen LogP contribution is 2.29. The van der Waals surface area contributed by atoms with Crippen LogP contribution in [0.4, 0.5) is 5.69 Å². The van der Waals surface area contributed by atoms with Gasteiger partial charge in [-0.15, -0.1) is 0 Å². The van der Waals surface area contributed by atoms with Crippen LogP contribution in [-0.2, 0) is 4.79 Å². The van der Waals surface area contributed by atoms with E-state index in [9.17, 15) is 9.59 Å². The van der Waals surface area contributed by atoms with Crippen molar-refractivity contribution in [2.24, 2.45) is 0 Å². The van der Waals surface area contributed by atoms with Crippen molar-refractivity contribution in [3.63, 3.8) is 0 Å². The maximum Gasteiger partial charge on any atom is 0.354 e. The third-order valence-corrected chi connectivity index (χ3v) is 2.38. The van der Waals surface area contributed by atoms with Gasteiger partial charge in [-0.2, -0.15) is 0 Å². The number of aromatic nitrogens is 1. The van der Waals surface area contributed by atoms with Crippen LogP contribution in [0.15, 0.2) is 42.6 Å². The average molecular weight is 272 g/mol. The van der Waals surface area contributed by atoms with Gasteiger partial charge in [-0.3, -0.25) is 4.79 Å². The first-order valence-electron chi connectivity index (χ1n) is 5.80. The van der Waals surface area contributed by atoms with E-state index in [0.717, 1.165) is 0 Å². The van der Waals surface area contributed by atoms with Crippen LogP contribution in [0.3, 0.4) is 0 Å². The summed E-state index contributed by atoms with van der Waals surface area (Å²) in [6.07, 6.45) is 1.35. The van der Waals surface area contributed by atoms with Crippen molar-refractivity contribution >= 4 is 17.6 Å². The summed E-state index contributed by atoms with van der Waals surface area (Å²) in [7, 11) is 0. The molecule has 0 saturated carbocycles. The van der Waals surface area contributed by atoms with E-state index < -0.39 is 5.97 Å². The Balaban J connectivity index is 2.28. The van der Waals surface area contributed by atoms with E-state index in [0.29, 0.717) is 17.2 Å². The fourth-order valence-electron chi connectivity index (χ4n) is 1.57. The lowest BCUT2D eigenvalue weighted by Gasteiger charge is -2.11. The summed E-state index contributed by atoms with van der Waals surface area (Å²) >= 11 is 0. The molecule has 0 spiro atoms. The number of pyridine rings is 1. The third kappa shape index (κ3) is 3.32. The van der Waals surface area contributed by atoms with Crippen molar-refractivity contribution in [1.29, 1.82) is 0 Å². The normalized spacial score (nSPS) is 9.85. The van der Waals surface area contributed by atoms with Gasteiger partial charge in [0.1, 0.15) is 5.75 Å². The molecule has 6 nitrogen and oxygen atoms in total. The summed E-state index contributed by atoms with van der Waals surface area (Å²) in [6.45, 7) is 1.39. The first-order valence-corrected chi connectivity index (χ1v) is 5.80. The zero-order valence-corrected chi connectivity index (χ0v) is 10.7. The summed E-state index contributed by atoms with van der Waals surface area (Å²) in [6, 6.07) is 9.72. The van der Waals surface area contributed by atoms with Gasteiger partial charge < -0.3 is 15.2 Å². The second-order valence-corrected chi connectivity index (χ2v) is 3.96. The molecule has 0 aliphatic rings. The van der Waals surface area contributed by atoms with Crippen LogP contribution in [0.25, 0.3) is 0 Å². The number of aromatic carboxylic acids is 1. The Morgan fingerprint density at radius 1 is 1.25 bits per heavy atom. The van der Waals surface area contributed by atoms with Crippen molar-refractivity contribution in [2.45, 2.75) is 6.92 Å². The molecule has 0 fully saturated rings. The number of ether oxygens (including phenoxy) is 1. The number of benzene rings is 1.